The zero-order valence-electron chi connectivity index (χ0n) is 14.2. The van der Waals surface area contributed by atoms with E-state index in [0.29, 0.717) is 6.61 Å². The number of rotatable bonds is 5. The Morgan fingerprint density at radius 3 is 2.39 bits per heavy atom. The summed E-state index contributed by atoms with van der Waals surface area (Å²) < 4.78 is 10.8. The molecule has 1 saturated heterocycles. The van der Waals surface area contributed by atoms with Crippen molar-refractivity contribution in [3.05, 3.63) is 24.3 Å². The van der Waals surface area contributed by atoms with E-state index in [1.54, 1.807) is 7.11 Å². The molecule has 1 aromatic rings. The molecule has 0 saturated carbocycles. The molecule has 6 heteroatoms. The molecule has 0 bridgehead atoms. The Hall–Kier alpha value is -1.18. The lowest BCUT2D eigenvalue weighted by Gasteiger charge is -2.32. The molecule has 2 rings (SSSR count). The van der Waals surface area contributed by atoms with Crippen molar-refractivity contribution in [2.24, 2.45) is 10.9 Å². The summed E-state index contributed by atoms with van der Waals surface area (Å²) in [5, 5.41) is 3.37. The van der Waals surface area contributed by atoms with Crippen molar-refractivity contribution >= 4 is 29.9 Å². The number of guanidine groups is 1. The van der Waals surface area contributed by atoms with Crippen LogP contribution in [0.25, 0.3) is 0 Å². The summed E-state index contributed by atoms with van der Waals surface area (Å²) in [6, 6.07) is 7.63. The monoisotopic (exact) mass is 433 g/mol. The van der Waals surface area contributed by atoms with Crippen LogP contribution in [0.2, 0.25) is 0 Å². The zero-order valence-corrected chi connectivity index (χ0v) is 16.6. The Bertz CT molecular complexity index is 471. The minimum atomic E-state index is 0. The number of hydrogen-bond acceptors (Lipinski definition) is 3. The lowest BCUT2D eigenvalue weighted by molar-refractivity contribution is 0.269. The predicted octanol–water partition coefficient (Wildman–Crippen LogP) is 3.00. The molecule has 0 aliphatic carbocycles. The van der Waals surface area contributed by atoms with Gasteiger partial charge in [0.2, 0.25) is 0 Å². The zero-order chi connectivity index (χ0) is 15.8. The van der Waals surface area contributed by atoms with E-state index in [1.807, 2.05) is 31.3 Å². The Morgan fingerprint density at radius 2 is 1.83 bits per heavy atom. The van der Waals surface area contributed by atoms with Crippen LogP contribution >= 0.6 is 24.0 Å². The van der Waals surface area contributed by atoms with Gasteiger partial charge in [-0.05, 0) is 43.0 Å². The van der Waals surface area contributed by atoms with Gasteiger partial charge in [-0.2, -0.15) is 0 Å². The van der Waals surface area contributed by atoms with Gasteiger partial charge >= 0.3 is 0 Å². The summed E-state index contributed by atoms with van der Waals surface area (Å²) in [5.41, 5.74) is 0. The fraction of sp³-hybridized carbons (Fsp3) is 0.588. The first-order chi connectivity index (χ1) is 10.7. The lowest BCUT2D eigenvalue weighted by atomic mass is 10.00. The number of benzene rings is 1. The number of piperidine rings is 1. The normalized spacial score (nSPS) is 15.8. The quantitative estimate of drug-likeness (QED) is 0.336. The van der Waals surface area contributed by atoms with Crippen LogP contribution in [0.15, 0.2) is 29.3 Å². The van der Waals surface area contributed by atoms with E-state index in [9.17, 15) is 0 Å². The topological polar surface area (TPSA) is 46.1 Å². The maximum absolute atomic E-state index is 5.71. The van der Waals surface area contributed by atoms with Gasteiger partial charge in [0.1, 0.15) is 18.1 Å². The molecule has 0 atom stereocenters. The summed E-state index contributed by atoms with van der Waals surface area (Å²) in [4.78, 5) is 6.69. The van der Waals surface area contributed by atoms with E-state index < -0.39 is 0 Å². The molecule has 0 spiro atoms. The Labute approximate surface area is 156 Å². The summed E-state index contributed by atoms with van der Waals surface area (Å²) in [6.45, 7) is 5.83. The third-order valence-electron chi connectivity index (χ3n) is 4.01. The maximum atomic E-state index is 5.71. The van der Waals surface area contributed by atoms with Crippen LogP contribution in [0.1, 0.15) is 19.8 Å². The van der Waals surface area contributed by atoms with Gasteiger partial charge in [0.15, 0.2) is 5.96 Å². The van der Waals surface area contributed by atoms with Crippen LogP contribution in [0.5, 0.6) is 11.5 Å². The summed E-state index contributed by atoms with van der Waals surface area (Å²) in [7, 11) is 3.50. The van der Waals surface area contributed by atoms with Crippen LogP contribution in [0, 0.1) is 5.92 Å². The van der Waals surface area contributed by atoms with Crippen molar-refractivity contribution in [2.45, 2.75) is 19.8 Å². The number of nitrogens with one attached hydrogen (secondary N) is 1. The summed E-state index contributed by atoms with van der Waals surface area (Å²) in [5.74, 6) is 3.49. The molecule has 1 N–H and O–H groups in total. The maximum Gasteiger partial charge on any atom is 0.193 e. The third kappa shape index (κ3) is 6.45. The Morgan fingerprint density at radius 1 is 1.22 bits per heavy atom. The van der Waals surface area contributed by atoms with E-state index in [2.05, 4.69) is 22.1 Å². The molecule has 0 amide bonds. The Balaban J connectivity index is 0.00000264. The summed E-state index contributed by atoms with van der Waals surface area (Å²) in [6.07, 6.45) is 2.48. The minimum Gasteiger partial charge on any atom is -0.497 e. The fourth-order valence-corrected chi connectivity index (χ4v) is 2.56. The standard InChI is InChI=1S/C17H27N3O2.HI/c1-14-8-11-20(12-9-14)17(18-2)19-10-13-22-16-6-4-15(21-3)5-7-16;/h4-7,14H,8-13H2,1-3H3,(H,18,19);1H. The second kappa shape index (κ2) is 10.6. The number of nitrogens with zero attached hydrogens (tertiary/aromatic N) is 2. The van der Waals surface area contributed by atoms with E-state index in [4.69, 9.17) is 9.47 Å². The molecule has 130 valence electrons. The highest BCUT2D eigenvalue weighted by molar-refractivity contribution is 14.0. The number of methoxy groups -OCH3 is 1. The van der Waals surface area contributed by atoms with E-state index in [1.165, 1.54) is 12.8 Å². The molecule has 1 fully saturated rings. The highest BCUT2D eigenvalue weighted by Crippen LogP contribution is 2.17. The molecule has 0 aromatic heterocycles. The van der Waals surface area contributed by atoms with Crippen molar-refractivity contribution in [3.8, 4) is 11.5 Å². The first-order valence-corrected chi connectivity index (χ1v) is 7.95. The van der Waals surface area contributed by atoms with Gasteiger partial charge in [-0.1, -0.05) is 6.92 Å². The molecule has 1 aromatic carbocycles. The fourth-order valence-electron chi connectivity index (χ4n) is 2.56. The van der Waals surface area contributed by atoms with Gasteiger partial charge in [0.25, 0.3) is 0 Å². The third-order valence-corrected chi connectivity index (χ3v) is 4.01. The minimum absolute atomic E-state index is 0. The lowest BCUT2D eigenvalue weighted by Crippen LogP contribution is -2.46. The molecule has 23 heavy (non-hydrogen) atoms. The average molecular weight is 433 g/mol. The van der Waals surface area contributed by atoms with E-state index in [0.717, 1.165) is 43.0 Å². The second-order valence-electron chi connectivity index (χ2n) is 5.67. The number of likely N-dealkylation sites (tertiary alicyclic amines) is 1. The number of hydrogen-bond donors (Lipinski definition) is 1. The molecule has 1 aliphatic heterocycles. The molecule has 0 unspecified atom stereocenters. The van der Waals surface area contributed by atoms with Gasteiger partial charge in [0, 0.05) is 20.1 Å². The van der Waals surface area contributed by atoms with Gasteiger partial charge in [-0.15, -0.1) is 24.0 Å². The number of halogens is 1. The van der Waals surface area contributed by atoms with Gasteiger partial charge in [-0.3, -0.25) is 4.99 Å². The van der Waals surface area contributed by atoms with Crippen molar-refractivity contribution < 1.29 is 9.47 Å². The van der Waals surface area contributed by atoms with Crippen molar-refractivity contribution in [1.82, 2.24) is 10.2 Å². The first-order valence-electron chi connectivity index (χ1n) is 7.95. The van der Waals surface area contributed by atoms with Gasteiger partial charge in [-0.25, -0.2) is 0 Å². The number of ether oxygens (including phenoxy) is 2. The van der Waals surface area contributed by atoms with Crippen LogP contribution < -0.4 is 14.8 Å². The van der Waals surface area contributed by atoms with Gasteiger partial charge < -0.3 is 19.7 Å². The average Bonchev–Trinajstić information content (AvgIpc) is 2.56. The van der Waals surface area contributed by atoms with E-state index in [-0.39, 0.29) is 24.0 Å². The largest absolute Gasteiger partial charge is 0.497 e. The van der Waals surface area contributed by atoms with Crippen LogP contribution in [0.3, 0.4) is 0 Å². The first kappa shape index (κ1) is 19.9. The highest BCUT2D eigenvalue weighted by Gasteiger charge is 2.18. The number of aliphatic imine (C=N–C) groups is 1. The molecule has 0 radical (unpaired) electrons. The smallest absolute Gasteiger partial charge is 0.193 e. The molecular weight excluding hydrogens is 405 g/mol. The highest BCUT2D eigenvalue weighted by atomic mass is 127. The Kier molecular flexibility index (Phi) is 9.13. The predicted molar refractivity (Wildman–Crippen MR) is 105 cm³/mol. The van der Waals surface area contributed by atoms with Crippen molar-refractivity contribution in [3.63, 3.8) is 0 Å². The second-order valence-corrected chi connectivity index (χ2v) is 5.67. The van der Waals surface area contributed by atoms with Gasteiger partial charge in [0.05, 0.1) is 13.7 Å². The van der Waals surface area contributed by atoms with Crippen molar-refractivity contribution in [2.75, 3.05) is 40.4 Å². The molecular formula is C17H28IN3O2. The molecule has 1 heterocycles. The molecule has 5 nitrogen and oxygen atoms in total. The SMILES string of the molecule is CN=C(NCCOc1ccc(OC)cc1)N1CCC(C)CC1.I. The van der Waals surface area contributed by atoms with Crippen LogP contribution in [-0.4, -0.2) is 51.3 Å². The van der Waals surface area contributed by atoms with Crippen LogP contribution in [0.4, 0.5) is 0 Å². The van der Waals surface area contributed by atoms with Crippen LogP contribution in [-0.2, 0) is 0 Å². The summed E-state index contributed by atoms with van der Waals surface area (Å²) >= 11 is 0. The molecule has 1 aliphatic rings. The van der Waals surface area contributed by atoms with Crippen molar-refractivity contribution in [1.29, 1.82) is 0 Å². The van der Waals surface area contributed by atoms with E-state index >= 15 is 0 Å².